The van der Waals surface area contributed by atoms with Gasteiger partial charge in [0.25, 0.3) is 0 Å². The van der Waals surface area contributed by atoms with E-state index in [9.17, 15) is 9.59 Å². The molecule has 0 spiro atoms. The molecule has 0 radical (unpaired) electrons. The largest absolute Gasteiger partial charge is 0.379 e. The molecule has 4 nitrogen and oxygen atoms in total. The molecule has 0 fully saturated rings. The second kappa shape index (κ2) is 5.96. The van der Waals surface area contributed by atoms with E-state index in [2.05, 4.69) is 19.2 Å². The van der Waals surface area contributed by atoms with Crippen molar-refractivity contribution in [2.45, 2.75) is 25.8 Å². The van der Waals surface area contributed by atoms with Crippen molar-refractivity contribution in [2.75, 3.05) is 0 Å². The summed E-state index contributed by atoms with van der Waals surface area (Å²) in [7, 11) is 0. The zero-order valence-corrected chi connectivity index (χ0v) is 13.8. The Morgan fingerprint density at radius 2 is 1.79 bits per heavy atom. The Bertz CT molecular complexity index is 836. The van der Waals surface area contributed by atoms with Crippen molar-refractivity contribution >= 4 is 17.4 Å². The van der Waals surface area contributed by atoms with Crippen molar-refractivity contribution < 1.29 is 9.59 Å². The quantitative estimate of drug-likeness (QED) is 0.674. The number of fused-ring (bicyclic) bond motifs is 1. The van der Waals surface area contributed by atoms with Crippen LogP contribution in [0.5, 0.6) is 0 Å². The molecule has 3 rings (SSSR count). The molecule has 0 saturated carbocycles. The van der Waals surface area contributed by atoms with E-state index in [1.54, 1.807) is 30.3 Å². The summed E-state index contributed by atoms with van der Waals surface area (Å²) in [6.07, 6.45) is 2.40. The number of benzene rings is 2. The number of rotatable bonds is 3. The number of nitrogens with two attached hydrogens (primary N) is 1. The maximum atomic E-state index is 12.5. The molecule has 1 aliphatic rings. The summed E-state index contributed by atoms with van der Waals surface area (Å²) < 4.78 is 0. The van der Waals surface area contributed by atoms with Gasteiger partial charge >= 0.3 is 0 Å². The molecule has 122 valence electrons. The van der Waals surface area contributed by atoms with Crippen molar-refractivity contribution in [3.05, 3.63) is 76.9 Å². The standard InChI is InChI=1S/C20H20N2O2/c1-20(2)12-15-9-8-14(19(21)24)10-16(15)17(22-20)11-18(23)13-6-4-3-5-7-13/h3-11,22H,12H2,1-2H3,(H2,21,24)/b17-11-. The highest BCUT2D eigenvalue weighted by atomic mass is 16.1. The Hall–Kier alpha value is -2.88. The fourth-order valence-corrected chi connectivity index (χ4v) is 3.02. The van der Waals surface area contributed by atoms with E-state index >= 15 is 0 Å². The van der Waals surface area contributed by atoms with Crippen LogP contribution in [-0.2, 0) is 6.42 Å². The second-order valence-corrected chi connectivity index (χ2v) is 6.71. The fraction of sp³-hybridized carbons (Fsp3) is 0.200. The number of ketones is 1. The van der Waals surface area contributed by atoms with Crippen molar-refractivity contribution in [1.82, 2.24) is 5.32 Å². The van der Waals surface area contributed by atoms with E-state index < -0.39 is 5.91 Å². The van der Waals surface area contributed by atoms with E-state index in [4.69, 9.17) is 5.73 Å². The summed E-state index contributed by atoms with van der Waals surface area (Å²) in [6.45, 7) is 4.16. The summed E-state index contributed by atoms with van der Waals surface area (Å²) >= 11 is 0. The maximum Gasteiger partial charge on any atom is 0.248 e. The normalized spacial score (nSPS) is 17.0. The minimum atomic E-state index is -0.476. The number of hydrogen-bond acceptors (Lipinski definition) is 3. The first-order chi connectivity index (χ1) is 11.4. The van der Waals surface area contributed by atoms with Gasteiger partial charge in [-0.1, -0.05) is 36.4 Å². The van der Waals surface area contributed by atoms with Crippen LogP contribution in [0.2, 0.25) is 0 Å². The lowest BCUT2D eigenvalue weighted by Gasteiger charge is -2.35. The summed E-state index contributed by atoms with van der Waals surface area (Å²) in [5, 5.41) is 3.40. The van der Waals surface area contributed by atoms with Crippen molar-refractivity contribution in [2.24, 2.45) is 5.73 Å². The van der Waals surface area contributed by atoms with E-state index in [1.807, 2.05) is 24.3 Å². The third-order valence-electron chi connectivity index (χ3n) is 4.12. The SMILES string of the molecule is CC1(C)Cc2ccc(C(N)=O)cc2/C(=C/C(=O)c2ccccc2)N1. The average Bonchev–Trinajstić information content (AvgIpc) is 2.54. The van der Waals surface area contributed by atoms with Gasteiger partial charge in [0.2, 0.25) is 5.91 Å². The molecule has 0 aliphatic carbocycles. The highest BCUT2D eigenvalue weighted by Gasteiger charge is 2.28. The molecule has 2 aromatic rings. The zero-order valence-electron chi connectivity index (χ0n) is 13.8. The number of carbonyl (C=O) groups excluding carboxylic acids is 2. The monoisotopic (exact) mass is 320 g/mol. The summed E-state index contributed by atoms with van der Waals surface area (Å²) in [6, 6.07) is 14.5. The van der Waals surface area contributed by atoms with Gasteiger partial charge in [-0.05, 0) is 38.0 Å². The molecule has 0 atom stereocenters. The average molecular weight is 320 g/mol. The van der Waals surface area contributed by atoms with Crippen LogP contribution in [0.25, 0.3) is 5.70 Å². The van der Waals surface area contributed by atoms with Gasteiger partial charge in [-0.15, -0.1) is 0 Å². The first kappa shape index (κ1) is 16.0. The molecule has 24 heavy (non-hydrogen) atoms. The number of primary amides is 1. The van der Waals surface area contributed by atoms with Crippen LogP contribution >= 0.6 is 0 Å². The first-order valence-corrected chi connectivity index (χ1v) is 7.88. The molecular weight excluding hydrogens is 300 g/mol. The predicted molar refractivity (Wildman–Crippen MR) is 94.6 cm³/mol. The number of allylic oxidation sites excluding steroid dienone is 1. The Balaban J connectivity index is 2.07. The molecule has 2 aromatic carbocycles. The van der Waals surface area contributed by atoms with Crippen LogP contribution in [0.15, 0.2) is 54.6 Å². The van der Waals surface area contributed by atoms with E-state index in [-0.39, 0.29) is 11.3 Å². The summed E-state index contributed by atoms with van der Waals surface area (Å²) in [5.74, 6) is -0.553. The van der Waals surface area contributed by atoms with Crippen LogP contribution in [0.4, 0.5) is 0 Å². The maximum absolute atomic E-state index is 12.5. The number of carbonyl (C=O) groups is 2. The number of hydrogen-bond donors (Lipinski definition) is 2. The molecule has 3 N–H and O–H groups in total. The highest BCUT2D eigenvalue weighted by molar-refractivity contribution is 6.08. The molecule has 1 aliphatic heterocycles. The molecule has 0 bridgehead atoms. The van der Waals surface area contributed by atoms with Gasteiger partial charge in [0.05, 0.1) is 0 Å². The minimum absolute atomic E-state index is 0.0776. The zero-order chi connectivity index (χ0) is 17.3. The van der Waals surface area contributed by atoms with E-state index in [1.165, 1.54) is 0 Å². The Morgan fingerprint density at radius 1 is 1.08 bits per heavy atom. The molecule has 0 saturated heterocycles. The molecule has 0 unspecified atom stereocenters. The first-order valence-electron chi connectivity index (χ1n) is 7.88. The van der Waals surface area contributed by atoms with Gasteiger partial charge in [-0.3, -0.25) is 9.59 Å². The van der Waals surface area contributed by atoms with Gasteiger partial charge < -0.3 is 11.1 Å². The van der Waals surface area contributed by atoms with Crippen LogP contribution in [-0.4, -0.2) is 17.2 Å². The number of amides is 1. The summed E-state index contributed by atoms with van der Waals surface area (Å²) in [4.78, 5) is 24.0. The third kappa shape index (κ3) is 3.23. The lowest BCUT2D eigenvalue weighted by molar-refractivity contribution is 0.0999. The van der Waals surface area contributed by atoms with Crippen molar-refractivity contribution in [3.63, 3.8) is 0 Å². The molecule has 4 heteroatoms. The van der Waals surface area contributed by atoms with Gasteiger partial charge in [-0.2, -0.15) is 0 Å². The summed E-state index contributed by atoms with van der Waals surface area (Å²) in [5.41, 5.74) is 8.95. The second-order valence-electron chi connectivity index (χ2n) is 6.71. The topological polar surface area (TPSA) is 72.2 Å². The Kier molecular flexibility index (Phi) is 3.97. The van der Waals surface area contributed by atoms with Crippen LogP contribution in [0, 0.1) is 0 Å². The van der Waals surface area contributed by atoms with Crippen LogP contribution < -0.4 is 11.1 Å². The molecule has 0 aromatic heterocycles. The Morgan fingerprint density at radius 3 is 2.46 bits per heavy atom. The van der Waals surface area contributed by atoms with Crippen molar-refractivity contribution in [3.8, 4) is 0 Å². The van der Waals surface area contributed by atoms with E-state index in [0.717, 1.165) is 23.2 Å². The number of nitrogens with one attached hydrogen (secondary N) is 1. The van der Waals surface area contributed by atoms with Gasteiger partial charge in [0, 0.05) is 34.0 Å². The van der Waals surface area contributed by atoms with Crippen LogP contribution in [0.3, 0.4) is 0 Å². The Labute approximate surface area is 141 Å². The molecular formula is C20H20N2O2. The van der Waals surface area contributed by atoms with E-state index in [0.29, 0.717) is 11.1 Å². The van der Waals surface area contributed by atoms with Gasteiger partial charge in [-0.25, -0.2) is 0 Å². The lowest BCUT2D eigenvalue weighted by atomic mass is 9.84. The smallest absolute Gasteiger partial charge is 0.248 e. The highest BCUT2D eigenvalue weighted by Crippen LogP contribution is 2.30. The lowest BCUT2D eigenvalue weighted by Crippen LogP contribution is -2.44. The third-order valence-corrected chi connectivity index (χ3v) is 4.12. The van der Waals surface area contributed by atoms with Gasteiger partial charge in [0.1, 0.15) is 0 Å². The fourth-order valence-electron chi connectivity index (χ4n) is 3.02. The predicted octanol–water partition coefficient (Wildman–Crippen LogP) is 2.93. The van der Waals surface area contributed by atoms with Crippen LogP contribution in [0.1, 0.15) is 45.7 Å². The molecule has 1 amide bonds. The minimum Gasteiger partial charge on any atom is -0.379 e. The van der Waals surface area contributed by atoms with Gasteiger partial charge in [0.15, 0.2) is 5.78 Å². The van der Waals surface area contributed by atoms with Crippen molar-refractivity contribution in [1.29, 1.82) is 0 Å². The molecule has 1 heterocycles.